The van der Waals surface area contributed by atoms with Crippen LogP contribution in [0.5, 0.6) is 0 Å². The SMILES string of the molecule is CCCNC(CCC(C)C)c1cccc(F)c1Br. The lowest BCUT2D eigenvalue weighted by Crippen LogP contribution is -2.23. The highest BCUT2D eigenvalue weighted by Gasteiger charge is 2.16. The summed E-state index contributed by atoms with van der Waals surface area (Å²) in [4.78, 5) is 0. The van der Waals surface area contributed by atoms with Gasteiger partial charge in [-0.1, -0.05) is 32.9 Å². The summed E-state index contributed by atoms with van der Waals surface area (Å²) in [7, 11) is 0. The Balaban J connectivity index is 2.83. The molecule has 0 amide bonds. The van der Waals surface area contributed by atoms with E-state index in [9.17, 15) is 4.39 Å². The third kappa shape index (κ3) is 4.69. The molecule has 0 heterocycles. The normalized spacial score (nSPS) is 13.0. The van der Waals surface area contributed by atoms with Gasteiger partial charge in [-0.05, 0) is 59.3 Å². The Kier molecular flexibility index (Phi) is 6.87. The number of rotatable bonds is 7. The van der Waals surface area contributed by atoms with E-state index in [1.54, 1.807) is 6.07 Å². The zero-order valence-corrected chi connectivity index (χ0v) is 13.1. The van der Waals surface area contributed by atoms with Crippen LogP contribution in [0.15, 0.2) is 22.7 Å². The molecule has 1 rings (SSSR count). The standard InChI is InChI=1S/C15H23BrFN/c1-4-10-18-14(9-8-11(2)3)12-6-5-7-13(17)15(12)16/h5-7,11,14,18H,4,8-10H2,1-3H3. The van der Waals surface area contributed by atoms with Crippen LogP contribution in [0, 0.1) is 11.7 Å². The van der Waals surface area contributed by atoms with Gasteiger partial charge in [0.05, 0.1) is 4.47 Å². The highest BCUT2D eigenvalue weighted by Crippen LogP contribution is 2.29. The summed E-state index contributed by atoms with van der Waals surface area (Å²) in [5.74, 6) is 0.489. The van der Waals surface area contributed by atoms with Crippen molar-refractivity contribution in [2.24, 2.45) is 5.92 Å². The maximum atomic E-state index is 13.6. The van der Waals surface area contributed by atoms with Crippen LogP contribution < -0.4 is 5.32 Å². The Bertz CT molecular complexity index is 366. The maximum absolute atomic E-state index is 13.6. The first-order valence-electron chi connectivity index (χ1n) is 6.73. The van der Waals surface area contributed by atoms with E-state index in [1.807, 2.05) is 6.07 Å². The number of hydrogen-bond acceptors (Lipinski definition) is 1. The third-order valence-electron chi connectivity index (χ3n) is 3.03. The first-order chi connectivity index (χ1) is 8.56. The summed E-state index contributed by atoms with van der Waals surface area (Å²) in [6, 6.07) is 5.51. The second-order valence-corrected chi connectivity index (χ2v) is 5.91. The predicted octanol–water partition coefficient (Wildman–Crippen LogP) is 5.07. The lowest BCUT2D eigenvalue weighted by atomic mass is 9.97. The van der Waals surface area contributed by atoms with Crippen LogP contribution in [0.3, 0.4) is 0 Å². The molecule has 0 fully saturated rings. The molecule has 1 aromatic carbocycles. The molecule has 1 aromatic rings. The van der Waals surface area contributed by atoms with Crippen LogP contribution in [0.4, 0.5) is 4.39 Å². The van der Waals surface area contributed by atoms with Gasteiger partial charge in [0.15, 0.2) is 0 Å². The summed E-state index contributed by atoms with van der Waals surface area (Å²) < 4.78 is 14.2. The lowest BCUT2D eigenvalue weighted by Gasteiger charge is -2.21. The molecule has 0 saturated carbocycles. The first kappa shape index (κ1) is 15.6. The Morgan fingerprint density at radius 1 is 1.28 bits per heavy atom. The summed E-state index contributed by atoms with van der Waals surface area (Å²) in [6.45, 7) is 7.55. The Morgan fingerprint density at radius 2 is 2.00 bits per heavy atom. The van der Waals surface area contributed by atoms with Crippen molar-refractivity contribution in [1.82, 2.24) is 5.32 Å². The lowest BCUT2D eigenvalue weighted by molar-refractivity contribution is 0.437. The zero-order chi connectivity index (χ0) is 13.5. The maximum Gasteiger partial charge on any atom is 0.137 e. The van der Waals surface area contributed by atoms with Crippen molar-refractivity contribution in [3.05, 3.63) is 34.1 Å². The van der Waals surface area contributed by atoms with Crippen molar-refractivity contribution in [1.29, 1.82) is 0 Å². The summed E-state index contributed by atoms with van der Waals surface area (Å²) >= 11 is 3.36. The quantitative estimate of drug-likeness (QED) is 0.741. The molecule has 3 heteroatoms. The topological polar surface area (TPSA) is 12.0 Å². The molecule has 0 spiro atoms. The molecule has 1 nitrogen and oxygen atoms in total. The minimum absolute atomic E-state index is 0.180. The molecule has 0 radical (unpaired) electrons. The molecule has 102 valence electrons. The van der Waals surface area contributed by atoms with E-state index in [0.717, 1.165) is 31.4 Å². The number of benzene rings is 1. The fraction of sp³-hybridized carbons (Fsp3) is 0.600. The molecule has 0 aliphatic carbocycles. The smallest absolute Gasteiger partial charge is 0.137 e. The van der Waals surface area contributed by atoms with Crippen LogP contribution in [0.2, 0.25) is 0 Å². The van der Waals surface area contributed by atoms with Gasteiger partial charge in [0.25, 0.3) is 0 Å². The van der Waals surface area contributed by atoms with Crippen molar-refractivity contribution in [3.63, 3.8) is 0 Å². The number of hydrogen-bond donors (Lipinski definition) is 1. The summed E-state index contributed by atoms with van der Waals surface area (Å²) in [5, 5.41) is 3.51. The van der Waals surface area contributed by atoms with Gasteiger partial charge < -0.3 is 5.32 Å². The van der Waals surface area contributed by atoms with E-state index in [-0.39, 0.29) is 11.9 Å². The van der Waals surface area contributed by atoms with Crippen LogP contribution in [-0.2, 0) is 0 Å². The largest absolute Gasteiger partial charge is 0.310 e. The van der Waals surface area contributed by atoms with Gasteiger partial charge >= 0.3 is 0 Å². The number of nitrogens with one attached hydrogen (secondary N) is 1. The first-order valence-corrected chi connectivity index (χ1v) is 7.52. The molecular weight excluding hydrogens is 293 g/mol. The Hall–Kier alpha value is -0.410. The minimum atomic E-state index is -0.180. The van der Waals surface area contributed by atoms with Gasteiger partial charge in [-0.2, -0.15) is 0 Å². The predicted molar refractivity (Wildman–Crippen MR) is 79.2 cm³/mol. The molecule has 0 aliphatic heterocycles. The van der Waals surface area contributed by atoms with Gasteiger partial charge in [0.2, 0.25) is 0 Å². The average Bonchev–Trinajstić information content (AvgIpc) is 2.33. The second kappa shape index (κ2) is 7.90. The van der Waals surface area contributed by atoms with Crippen molar-refractivity contribution in [3.8, 4) is 0 Å². The van der Waals surface area contributed by atoms with Gasteiger partial charge in [0, 0.05) is 6.04 Å². The van der Waals surface area contributed by atoms with Gasteiger partial charge in [0.1, 0.15) is 5.82 Å². The third-order valence-corrected chi connectivity index (χ3v) is 3.87. The van der Waals surface area contributed by atoms with Gasteiger partial charge in [-0.3, -0.25) is 0 Å². The highest BCUT2D eigenvalue weighted by molar-refractivity contribution is 9.10. The van der Waals surface area contributed by atoms with Crippen molar-refractivity contribution in [2.45, 2.75) is 46.1 Å². The average molecular weight is 316 g/mol. The Morgan fingerprint density at radius 3 is 2.61 bits per heavy atom. The molecule has 0 aliphatic rings. The molecule has 1 N–H and O–H groups in total. The van der Waals surface area contributed by atoms with Gasteiger partial charge in [-0.15, -0.1) is 0 Å². The van der Waals surface area contributed by atoms with Crippen LogP contribution in [-0.4, -0.2) is 6.54 Å². The molecule has 0 aromatic heterocycles. The fourth-order valence-electron chi connectivity index (χ4n) is 1.98. The van der Waals surface area contributed by atoms with Gasteiger partial charge in [-0.25, -0.2) is 4.39 Å². The van der Waals surface area contributed by atoms with Crippen molar-refractivity contribution in [2.75, 3.05) is 6.54 Å². The molecule has 1 atom stereocenters. The van der Waals surface area contributed by atoms with Crippen molar-refractivity contribution >= 4 is 15.9 Å². The van der Waals surface area contributed by atoms with Crippen LogP contribution in [0.25, 0.3) is 0 Å². The second-order valence-electron chi connectivity index (χ2n) is 5.12. The molecular formula is C15H23BrFN. The molecule has 18 heavy (non-hydrogen) atoms. The number of halogens is 2. The molecule has 1 unspecified atom stereocenters. The monoisotopic (exact) mass is 315 g/mol. The summed E-state index contributed by atoms with van der Waals surface area (Å²) in [5.41, 5.74) is 1.03. The molecule has 0 bridgehead atoms. The van der Waals surface area contributed by atoms with E-state index < -0.39 is 0 Å². The zero-order valence-electron chi connectivity index (χ0n) is 11.5. The van der Waals surface area contributed by atoms with Crippen LogP contribution in [0.1, 0.15) is 51.6 Å². The van der Waals surface area contributed by atoms with Crippen molar-refractivity contribution < 1.29 is 4.39 Å². The van der Waals surface area contributed by atoms with E-state index >= 15 is 0 Å². The van der Waals surface area contributed by atoms with E-state index in [0.29, 0.717) is 10.4 Å². The van der Waals surface area contributed by atoms with Crippen LogP contribution >= 0.6 is 15.9 Å². The summed E-state index contributed by atoms with van der Waals surface area (Å²) in [6.07, 6.45) is 3.27. The minimum Gasteiger partial charge on any atom is -0.310 e. The van der Waals surface area contributed by atoms with E-state index in [2.05, 4.69) is 42.0 Å². The fourth-order valence-corrected chi connectivity index (χ4v) is 2.52. The molecule has 0 saturated heterocycles. The Labute approximate surface area is 118 Å². The van der Waals surface area contributed by atoms with E-state index in [1.165, 1.54) is 6.07 Å². The van der Waals surface area contributed by atoms with E-state index in [4.69, 9.17) is 0 Å². The highest BCUT2D eigenvalue weighted by atomic mass is 79.9.